The second kappa shape index (κ2) is 6.56. The zero-order valence-corrected chi connectivity index (χ0v) is 8.76. The molecule has 4 nitrogen and oxygen atoms in total. The Kier molecular flexibility index (Phi) is 5.25. The smallest absolute Gasteiger partial charge is 0.0946 e. The van der Waals surface area contributed by atoms with Crippen molar-refractivity contribution in [2.45, 2.75) is 19.9 Å². The molecule has 0 fully saturated rings. The Morgan fingerprint density at radius 1 is 1.36 bits per heavy atom. The van der Waals surface area contributed by atoms with Gasteiger partial charge in [0.25, 0.3) is 0 Å². The van der Waals surface area contributed by atoms with Gasteiger partial charge in [-0.3, -0.25) is 4.90 Å². The maximum absolute atomic E-state index is 8.86. The van der Waals surface area contributed by atoms with E-state index in [4.69, 9.17) is 5.11 Å². The highest BCUT2D eigenvalue weighted by Crippen LogP contribution is 1.93. The summed E-state index contributed by atoms with van der Waals surface area (Å²) < 4.78 is 2.06. The van der Waals surface area contributed by atoms with Gasteiger partial charge in [0.1, 0.15) is 0 Å². The van der Waals surface area contributed by atoms with E-state index in [9.17, 15) is 0 Å². The summed E-state index contributed by atoms with van der Waals surface area (Å²) in [6, 6.07) is 0. The molecular weight excluding hydrogens is 178 g/mol. The molecule has 1 N–H and O–H groups in total. The van der Waals surface area contributed by atoms with E-state index in [0.29, 0.717) is 0 Å². The molecule has 80 valence electrons. The van der Waals surface area contributed by atoms with Crippen molar-refractivity contribution >= 4 is 0 Å². The van der Waals surface area contributed by atoms with Gasteiger partial charge >= 0.3 is 0 Å². The Morgan fingerprint density at radius 2 is 2.21 bits per heavy atom. The minimum atomic E-state index is 0.240. The van der Waals surface area contributed by atoms with Gasteiger partial charge in [-0.25, -0.2) is 4.98 Å². The standard InChI is InChI=1S/C10H19N3O/c1-2-4-12(8-9-14)6-7-13-5-3-11-10-13/h3,5,10,14H,2,4,6-9H2,1H3. The van der Waals surface area contributed by atoms with Crippen molar-refractivity contribution in [2.75, 3.05) is 26.2 Å². The van der Waals surface area contributed by atoms with Crippen molar-refractivity contribution in [3.63, 3.8) is 0 Å². The molecule has 0 aromatic carbocycles. The van der Waals surface area contributed by atoms with Crippen LogP contribution in [0.2, 0.25) is 0 Å². The van der Waals surface area contributed by atoms with Crippen LogP contribution in [0.25, 0.3) is 0 Å². The molecule has 0 saturated heterocycles. The summed E-state index contributed by atoms with van der Waals surface area (Å²) in [5.41, 5.74) is 0. The van der Waals surface area contributed by atoms with Gasteiger partial charge in [0.15, 0.2) is 0 Å². The van der Waals surface area contributed by atoms with Gasteiger partial charge in [0.2, 0.25) is 0 Å². The molecule has 0 aliphatic heterocycles. The largest absolute Gasteiger partial charge is 0.395 e. The minimum absolute atomic E-state index is 0.240. The number of hydrogen-bond donors (Lipinski definition) is 1. The van der Waals surface area contributed by atoms with Crippen molar-refractivity contribution < 1.29 is 5.11 Å². The molecule has 0 spiro atoms. The highest BCUT2D eigenvalue weighted by atomic mass is 16.3. The second-order valence-corrected chi connectivity index (χ2v) is 3.37. The number of aromatic nitrogens is 2. The van der Waals surface area contributed by atoms with E-state index in [0.717, 1.165) is 32.6 Å². The zero-order chi connectivity index (χ0) is 10.2. The maximum atomic E-state index is 8.86. The predicted molar refractivity (Wildman–Crippen MR) is 56.0 cm³/mol. The highest BCUT2D eigenvalue weighted by Gasteiger charge is 2.02. The molecule has 0 radical (unpaired) electrons. The lowest BCUT2D eigenvalue weighted by Gasteiger charge is -2.20. The molecule has 14 heavy (non-hydrogen) atoms. The third-order valence-corrected chi connectivity index (χ3v) is 2.19. The number of aliphatic hydroxyl groups is 1. The molecule has 4 heteroatoms. The lowest BCUT2D eigenvalue weighted by molar-refractivity contribution is 0.191. The Labute approximate surface area is 85.2 Å². The number of rotatable bonds is 7. The van der Waals surface area contributed by atoms with E-state index in [1.165, 1.54) is 0 Å². The predicted octanol–water partition coefficient (Wildman–Crippen LogP) is 0.587. The third kappa shape index (κ3) is 3.89. The molecular formula is C10H19N3O. The minimum Gasteiger partial charge on any atom is -0.395 e. The summed E-state index contributed by atoms with van der Waals surface area (Å²) in [5.74, 6) is 0. The van der Waals surface area contributed by atoms with Crippen LogP contribution in [0.1, 0.15) is 13.3 Å². The summed E-state index contributed by atoms with van der Waals surface area (Å²) in [7, 11) is 0. The molecule has 0 atom stereocenters. The highest BCUT2D eigenvalue weighted by molar-refractivity contribution is 4.74. The van der Waals surface area contributed by atoms with Crippen molar-refractivity contribution in [3.8, 4) is 0 Å². The first kappa shape index (κ1) is 11.2. The molecule has 0 bridgehead atoms. The number of nitrogens with zero attached hydrogens (tertiary/aromatic N) is 3. The van der Waals surface area contributed by atoms with Crippen LogP contribution in [0.3, 0.4) is 0 Å². The van der Waals surface area contributed by atoms with Crippen molar-refractivity contribution in [1.82, 2.24) is 14.5 Å². The number of aliphatic hydroxyl groups excluding tert-OH is 1. The van der Waals surface area contributed by atoms with E-state index >= 15 is 0 Å². The van der Waals surface area contributed by atoms with Crippen LogP contribution < -0.4 is 0 Å². The van der Waals surface area contributed by atoms with Gasteiger partial charge in [-0.05, 0) is 13.0 Å². The average Bonchev–Trinajstić information content (AvgIpc) is 2.67. The topological polar surface area (TPSA) is 41.3 Å². The fourth-order valence-electron chi connectivity index (χ4n) is 1.47. The fourth-order valence-corrected chi connectivity index (χ4v) is 1.47. The third-order valence-electron chi connectivity index (χ3n) is 2.19. The summed E-state index contributed by atoms with van der Waals surface area (Å²) in [5, 5.41) is 8.86. The molecule has 0 amide bonds. The van der Waals surface area contributed by atoms with Crippen molar-refractivity contribution in [2.24, 2.45) is 0 Å². The van der Waals surface area contributed by atoms with Crippen LogP contribution in [-0.2, 0) is 6.54 Å². The van der Waals surface area contributed by atoms with Gasteiger partial charge < -0.3 is 9.67 Å². The Hall–Kier alpha value is -0.870. The molecule has 1 aromatic rings. The Balaban J connectivity index is 2.25. The van der Waals surface area contributed by atoms with Gasteiger partial charge in [-0.1, -0.05) is 6.92 Å². The van der Waals surface area contributed by atoms with Crippen molar-refractivity contribution in [1.29, 1.82) is 0 Å². The molecule has 0 unspecified atom stereocenters. The van der Waals surface area contributed by atoms with Gasteiger partial charge in [-0.15, -0.1) is 0 Å². The normalized spacial score (nSPS) is 11.1. The fraction of sp³-hybridized carbons (Fsp3) is 0.700. The van der Waals surface area contributed by atoms with Crippen LogP contribution in [0.15, 0.2) is 18.7 Å². The summed E-state index contributed by atoms with van der Waals surface area (Å²) >= 11 is 0. The van der Waals surface area contributed by atoms with Gasteiger partial charge in [0.05, 0.1) is 12.9 Å². The van der Waals surface area contributed by atoms with Crippen LogP contribution in [0, 0.1) is 0 Å². The Morgan fingerprint density at radius 3 is 2.79 bits per heavy atom. The molecule has 0 aliphatic rings. The maximum Gasteiger partial charge on any atom is 0.0946 e. The number of imidazole rings is 1. The molecule has 0 saturated carbocycles. The van der Waals surface area contributed by atoms with Crippen LogP contribution in [-0.4, -0.2) is 45.8 Å². The summed E-state index contributed by atoms with van der Waals surface area (Å²) in [4.78, 5) is 6.25. The number of hydrogen-bond acceptors (Lipinski definition) is 3. The lowest BCUT2D eigenvalue weighted by atomic mass is 10.4. The molecule has 1 heterocycles. The average molecular weight is 197 g/mol. The van der Waals surface area contributed by atoms with E-state index in [1.807, 2.05) is 12.5 Å². The van der Waals surface area contributed by atoms with E-state index in [1.54, 1.807) is 6.20 Å². The second-order valence-electron chi connectivity index (χ2n) is 3.37. The van der Waals surface area contributed by atoms with E-state index < -0.39 is 0 Å². The van der Waals surface area contributed by atoms with Crippen LogP contribution in [0.4, 0.5) is 0 Å². The van der Waals surface area contributed by atoms with Crippen LogP contribution >= 0.6 is 0 Å². The quantitative estimate of drug-likeness (QED) is 0.695. The van der Waals surface area contributed by atoms with E-state index in [-0.39, 0.29) is 6.61 Å². The molecule has 0 aliphatic carbocycles. The first-order valence-corrected chi connectivity index (χ1v) is 5.15. The van der Waals surface area contributed by atoms with E-state index in [2.05, 4.69) is 21.4 Å². The van der Waals surface area contributed by atoms with Crippen molar-refractivity contribution in [3.05, 3.63) is 18.7 Å². The van der Waals surface area contributed by atoms with Gasteiger partial charge in [-0.2, -0.15) is 0 Å². The molecule has 1 rings (SSSR count). The summed E-state index contributed by atoms with van der Waals surface area (Å²) in [6.07, 6.45) is 6.70. The first-order valence-electron chi connectivity index (χ1n) is 5.15. The monoisotopic (exact) mass is 197 g/mol. The van der Waals surface area contributed by atoms with Gasteiger partial charge in [0, 0.05) is 32.0 Å². The van der Waals surface area contributed by atoms with Crippen LogP contribution in [0.5, 0.6) is 0 Å². The SMILES string of the molecule is CCCN(CCO)CCn1ccnc1. The Bertz CT molecular complexity index is 217. The lowest BCUT2D eigenvalue weighted by Crippen LogP contribution is -2.30. The first-order chi connectivity index (χ1) is 6.86. The molecule has 1 aromatic heterocycles. The summed E-state index contributed by atoms with van der Waals surface area (Å²) in [6.45, 7) is 6.13. The zero-order valence-electron chi connectivity index (χ0n) is 8.76.